The molecule has 4 aliphatic rings. The van der Waals surface area contributed by atoms with E-state index >= 15 is 4.79 Å². The van der Waals surface area contributed by atoms with E-state index in [4.69, 9.17) is 14.2 Å². The van der Waals surface area contributed by atoms with E-state index in [1.807, 2.05) is 113 Å². The quantitative estimate of drug-likeness (QED) is 0.162. The summed E-state index contributed by atoms with van der Waals surface area (Å²) in [6, 6.07) is 39.0. The standard InChI is InChI=1S/C48H49N3O7Si/c1-31-46(59(3,4)38-23-21-37(56-2)22-24-38)43(26-44(53)49-28-34-12-6-5-11-33(34)25-36(49)29-52)58-48(31)39-13-7-8-14-40(39)50(47(48)55)27-32-17-19-35(20-18-32)51-41-15-9-10-16-42(41)57-30-45(51)54/h5-24,31,36,43,46,52H,25-30H2,1-4H3/t31-,36+,43+,46-,48+/m1/s1. The minimum atomic E-state index is -2.51. The zero-order valence-electron chi connectivity index (χ0n) is 33.8. The van der Waals surface area contributed by atoms with E-state index < -0.39 is 19.8 Å². The fraction of sp³-hybridized carbons (Fsp3) is 0.312. The van der Waals surface area contributed by atoms with Crippen molar-refractivity contribution in [1.29, 1.82) is 0 Å². The third-order valence-electron chi connectivity index (χ3n) is 13.2. The smallest absolute Gasteiger partial charge is 0.269 e. The number of para-hydroxylation sites is 3. The number of ether oxygens (including phenoxy) is 3. The molecule has 59 heavy (non-hydrogen) atoms. The van der Waals surface area contributed by atoms with E-state index in [2.05, 4.69) is 38.2 Å². The van der Waals surface area contributed by atoms with Crippen molar-refractivity contribution in [3.8, 4) is 11.5 Å². The van der Waals surface area contributed by atoms with E-state index in [1.54, 1.807) is 12.0 Å². The van der Waals surface area contributed by atoms with Gasteiger partial charge in [0.25, 0.3) is 11.8 Å². The van der Waals surface area contributed by atoms with Gasteiger partial charge in [0.05, 0.1) is 58.3 Å². The summed E-state index contributed by atoms with van der Waals surface area (Å²) >= 11 is 0. The molecular weight excluding hydrogens is 759 g/mol. The molecule has 0 saturated carbocycles. The van der Waals surface area contributed by atoms with Gasteiger partial charge in [-0.3, -0.25) is 19.3 Å². The maximum atomic E-state index is 15.4. The number of carbonyl (C=O) groups is 3. The van der Waals surface area contributed by atoms with Gasteiger partial charge in [0, 0.05) is 23.7 Å². The van der Waals surface area contributed by atoms with Gasteiger partial charge in [0.1, 0.15) is 11.5 Å². The lowest BCUT2D eigenvalue weighted by molar-refractivity contribution is -0.151. The van der Waals surface area contributed by atoms with Crippen LogP contribution in [-0.2, 0) is 44.2 Å². The van der Waals surface area contributed by atoms with Crippen LogP contribution >= 0.6 is 0 Å². The molecule has 0 radical (unpaired) electrons. The maximum Gasteiger partial charge on any atom is 0.269 e. The lowest BCUT2D eigenvalue weighted by atomic mass is 9.82. The van der Waals surface area contributed by atoms with Gasteiger partial charge >= 0.3 is 0 Å². The summed E-state index contributed by atoms with van der Waals surface area (Å²) in [7, 11) is -0.860. The summed E-state index contributed by atoms with van der Waals surface area (Å²) in [4.78, 5) is 48.3. The number of anilines is 3. The van der Waals surface area contributed by atoms with Crippen LogP contribution in [0.5, 0.6) is 11.5 Å². The van der Waals surface area contributed by atoms with Gasteiger partial charge in [-0.1, -0.05) is 104 Å². The summed E-state index contributed by atoms with van der Waals surface area (Å²) in [5.74, 6) is 0.741. The maximum absolute atomic E-state index is 15.4. The van der Waals surface area contributed by atoms with Gasteiger partial charge in [-0.05, 0) is 71.1 Å². The van der Waals surface area contributed by atoms with Gasteiger partial charge in [-0.15, -0.1) is 0 Å². The van der Waals surface area contributed by atoms with Gasteiger partial charge in [-0.25, -0.2) is 0 Å². The Labute approximate surface area is 345 Å². The van der Waals surface area contributed by atoms with E-state index in [-0.39, 0.29) is 54.9 Å². The fourth-order valence-electron chi connectivity index (χ4n) is 10.3. The average Bonchev–Trinajstić information content (AvgIpc) is 3.69. The van der Waals surface area contributed by atoms with Crippen LogP contribution in [0.2, 0.25) is 18.6 Å². The highest BCUT2D eigenvalue weighted by Crippen LogP contribution is 2.60. The van der Waals surface area contributed by atoms with Crippen molar-refractivity contribution >= 4 is 48.0 Å². The van der Waals surface area contributed by atoms with E-state index in [0.29, 0.717) is 36.6 Å². The van der Waals surface area contributed by atoms with Crippen molar-refractivity contribution < 1.29 is 33.7 Å². The summed E-state index contributed by atoms with van der Waals surface area (Å²) < 4.78 is 18.5. The molecule has 1 N–H and O–H groups in total. The zero-order valence-corrected chi connectivity index (χ0v) is 34.8. The highest BCUT2D eigenvalue weighted by atomic mass is 28.3. The molecule has 5 aromatic rings. The normalized spacial score (nSPS) is 23.5. The van der Waals surface area contributed by atoms with Crippen molar-refractivity contribution in [2.75, 3.05) is 30.1 Å². The lowest BCUT2D eigenvalue weighted by Crippen LogP contribution is -2.52. The minimum Gasteiger partial charge on any atom is -0.497 e. The predicted octanol–water partition coefficient (Wildman–Crippen LogP) is 6.85. The zero-order chi connectivity index (χ0) is 41.1. The van der Waals surface area contributed by atoms with Crippen LogP contribution in [0.15, 0.2) is 121 Å². The van der Waals surface area contributed by atoms with Gasteiger partial charge in [0.2, 0.25) is 5.91 Å². The van der Waals surface area contributed by atoms with Crippen LogP contribution in [-0.4, -0.2) is 68.3 Å². The number of rotatable bonds is 9. The first-order valence-corrected chi connectivity index (χ1v) is 23.5. The number of methoxy groups -OCH3 is 1. The first kappa shape index (κ1) is 38.7. The Kier molecular flexibility index (Phi) is 9.93. The first-order chi connectivity index (χ1) is 28.5. The van der Waals surface area contributed by atoms with Gasteiger partial charge < -0.3 is 29.1 Å². The van der Waals surface area contributed by atoms with Crippen molar-refractivity contribution in [3.05, 3.63) is 144 Å². The molecule has 1 fully saturated rings. The summed E-state index contributed by atoms with van der Waals surface area (Å²) in [6.45, 7) is 7.28. The second kappa shape index (κ2) is 15.1. The van der Waals surface area contributed by atoms with Crippen LogP contribution < -0.4 is 24.5 Å². The number of nitrogens with zero attached hydrogens (tertiary/aromatic N) is 3. The number of hydrogen-bond donors (Lipinski definition) is 1. The van der Waals surface area contributed by atoms with Gasteiger partial charge in [0.15, 0.2) is 12.2 Å². The Morgan fingerprint density at radius 2 is 1.54 bits per heavy atom. The molecule has 1 saturated heterocycles. The third kappa shape index (κ3) is 6.43. The molecule has 9 rings (SSSR count). The molecule has 0 aromatic heterocycles. The number of fused-ring (bicyclic) bond motifs is 4. The van der Waals surface area contributed by atoms with Crippen molar-refractivity contribution in [2.24, 2.45) is 5.92 Å². The molecule has 4 aliphatic heterocycles. The second-order valence-electron chi connectivity index (χ2n) is 16.8. The number of hydrogen-bond acceptors (Lipinski definition) is 7. The minimum absolute atomic E-state index is 0.0438. The molecule has 0 aliphatic carbocycles. The molecule has 3 amide bonds. The Morgan fingerprint density at radius 1 is 0.864 bits per heavy atom. The molecule has 1 spiro atoms. The number of amides is 3. The van der Waals surface area contributed by atoms with Crippen LogP contribution in [0.1, 0.15) is 35.6 Å². The summed E-state index contributed by atoms with van der Waals surface area (Å²) in [5, 5.41) is 11.7. The van der Waals surface area contributed by atoms with Crippen LogP contribution in [0.25, 0.3) is 0 Å². The average molecular weight is 808 g/mol. The van der Waals surface area contributed by atoms with Crippen LogP contribution in [0, 0.1) is 5.92 Å². The van der Waals surface area contributed by atoms with Crippen LogP contribution in [0.4, 0.5) is 17.1 Å². The molecule has 4 heterocycles. The Morgan fingerprint density at radius 3 is 2.27 bits per heavy atom. The fourth-order valence-corrected chi connectivity index (χ4v) is 14.3. The topological polar surface area (TPSA) is 109 Å². The number of carbonyl (C=O) groups excluding carboxylic acids is 3. The van der Waals surface area contributed by atoms with Crippen molar-refractivity contribution in [1.82, 2.24) is 4.90 Å². The van der Waals surface area contributed by atoms with E-state index in [9.17, 15) is 14.7 Å². The number of aliphatic hydroxyl groups excluding tert-OH is 1. The number of benzene rings is 5. The van der Waals surface area contributed by atoms with Crippen molar-refractivity contribution in [3.63, 3.8) is 0 Å². The highest BCUT2D eigenvalue weighted by molar-refractivity contribution is 6.91. The first-order valence-electron chi connectivity index (χ1n) is 20.4. The van der Waals surface area contributed by atoms with E-state index in [0.717, 1.165) is 33.7 Å². The molecule has 5 aromatic carbocycles. The largest absolute Gasteiger partial charge is 0.497 e. The summed E-state index contributed by atoms with van der Waals surface area (Å²) in [6.07, 6.45) is 0.0999. The lowest BCUT2D eigenvalue weighted by Gasteiger charge is -2.39. The van der Waals surface area contributed by atoms with Crippen molar-refractivity contribution in [2.45, 2.75) is 69.2 Å². The molecule has 10 nitrogen and oxygen atoms in total. The van der Waals surface area contributed by atoms with Crippen LogP contribution in [0.3, 0.4) is 0 Å². The number of aliphatic hydroxyl groups is 1. The molecule has 11 heteroatoms. The molecular formula is C48H49N3O7Si. The molecule has 302 valence electrons. The molecule has 5 atom stereocenters. The summed E-state index contributed by atoms with van der Waals surface area (Å²) in [5.41, 5.74) is 4.67. The van der Waals surface area contributed by atoms with Gasteiger partial charge in [-0.2, -0.15) is 0 Å². The van der Waals surface area contributed by atoms with E-state index in [1.165, 1.54) is 5.19 Å². The second-order valence-corrected chi connectivity index (χ2v) is 21.4. The highest BCUT2D eigenvalue weighted by Gasteiger charge is 2.66. The monoisotopic (exact) mass is 807 g/mol. The molecule has 0 unspecified atom stereocenters. The third-order valence-corrected chi connectivity index (χ3v) is 17.6. The Balaban J connectivity index is 1.05. The molecule has 0 bridgehead atoms. The Bertz CT molecular complexity index is 2420. The predicted molar refractivity (Wildman–Crippen MR) is 229 cm³/mol. The SMILES string of the molecule is COc1ccc([Si](C)(C)[C@H]2[C@H](CC(=O)N3Cc4ccccc4C[C@H]3CO)O[C@@]3(C(=O)N(Cc4ccc(N5C(=O)COc6ccccc65)cc4)c4ccccc43)[C@@H]2C)cc1. The Hall–Kier alpha value is -5.75.